The summed E-state index contributed by atoms with van der Waals surface area (Å²) in [6, 6.07) is 2.65. The number of primary amides is 6. The SMILES string of the molecule is C/C1=C2N=C(/C=C3N=C(/C(C)=C4\[N-]C(C)(C5N=C1C(C)(CCC(=O)NCC(C)OP(=O)([O-])O[C@@H]1C(CO)OC(n6cnc7cc(C)c(C)cc76)[C@@H]1O)C5CC(N)=O)C(C)(CC(N)=O)C4CCC(N)=O)C(C)(CC(N)=O)C\3CCC(N)=O)C(C)(C)C/2CCC(N)=O.[CH2-][C@H]1OC(n2cnc3c(N)ncnc32)[C@H](O)[C@@H]1O.[Co+3]. The Hall–Kier alpha value is -8.26. The molecule has 19 N–H and O–H groups in total. The number of allylic oxidation sites excluding steroid dienone is 6. The average molecular weight is 1580 g/mol. The molecule has 3 saturated heterocycles. The fourth-order valence-corrected chi connectivity index (χ4v) is 18.5. The number of rotatable bonds is 27. The molecule has 10 heterocycles. The third-order valence-corrected chi connectivity index (χ3v) is 24.6. The molecule has 0 spiro atoms. The number of aliphatic hydroxyl groups is 4. The zero-order valence-electron chi connectivity index (χ0n) is 62.8. The maximum atomic E-state index is 14.4. The van der Waals surface area contributed by atoms with Gasteiger partial charge in [0.05, 0.1) is 42.5 Å². The van der Waals surface area contributed by atoms with Gasteiger partial charge in [-0.3, -0.25) is 57.7 Å². The number of aliphatic hydroxyl groups excluding tert-OH is 4. The van der Waals surface area contributed by atoms with E-state index in [2.05, 4.69) is 32.2 Å². The van der Waals surface area contributed by atoms with Crippen LogP contribution >= 0.6 is 7.82 Å². The van der Waals surface area contributed by atoms with E-state index < -0.39 is 168 Å². The molecule has 3 fully saturated rings. The summed E-state index contributed by atoms with van der Waals surface area (Å²) in [7, 11) is -5.32. The van der Waals surface area contributed by atoms with Crippen LogP contribution in [0, 0.1) is 66.1 Å². The van der Waals surface area contributed by atoms with Crippen molar-refractivity contribution in [3.8, 4) is 0 Å². The number of fused-ring (bicyclic) bond motifs is 8. The Morgan fingerprint density at radius 2 is 1.34 bits per heavy atom. The predicted octanol–water partition coefficient (Wildman–Crippen LogP) is 2.17. The minimum atomic E-state index is -5.32. The van der Waals surface area contributed by atoms with Crippen LogP contribution in [-0.4, -0.2) is 175 Å². The van der Waals surface area contributed by atoms with Gasteiger partial charge in [-0.15, -0.1) is 0 Å². The molecule has 4 aromatic rings. The molecule has 7 aliphatic heterocycles. The number of hydrogen-bond donors (Lipinski definition) is 12. The van der Waals surface area contributed by atoms with E-state index in [0.29, 0.717) is 67.6 Å². The molecule has 0 saturated carbocycles. The van der Waals surface area contributed by atoms with Crippen molar-refractivity contribution in [2.24, 2.45) is 94.7 Å². The Kier molecular flexibility index (Phi) is 25.0. The van der Waals surface area contributed by atoms with Gasteiger partial charge in [-0.2, -0.15) is 5.70 Å². The van der Waals surface area contributed by atoms with Crippen molar-refractivity contribution >= 4 is 94.3 Å². The molecular weight excluding hydrogens is 1480 g/mol. The van der Waals surface area contributed by atoms with Crippen molar-refractivity contribution in [1.29, 1.82) is 0 Å². The largest absolute Gasteiger partial charge is 3.00 e. The molecule has 594 valence electrons. The van der Waals surface area contributed by atoms with E-state index in [0.717, 1.165) is 11.1 Å². The van der Waals surface area contributed by atoms with Crippen LogP contribution in [0.5, 0.6) is 0 Å². The molecular formula is C72H100CoN18O17P. The first-order valence-corrected chi connectivity index (χ1v) is 37.3. The number of aryl methyl sites for hydroxylation is 2. The van der Waals surface area contributed by atoms with Gasteiger partial charge in [0.15, 0.2) is 23.9 Å². The van der Waals surface area contributed by atoms with Gasteiger partial charge < -0.3 is 106 Å². The number of nitrogens with two attached hydrogens (primary N) is 7. The first kappa shape index (κ1) is 84.8. The van der Waals surface area contributed by atoms with Crippen molar-refractivity contribution in [2.75, 3.05) is 18.9 Å². The zero-order valence-corrected chi connectivity index (χ0v) is 64.8. The Labute approximate surface area is 640 Å². The minimum absolute atomic E-state index is 0. The van der Waals surface area contributed by atoms with Gasteiger partial charge in [0.25, 0.3) is 7.82 Å². The predicted molar refractivity (Wildman–Crippen MR) is 393 cm³/mol. The van der Waals surface area contributed by atoms with Gasteiger partial charge in [0.1, 0.15) is 36.3 Å². The summed E-state index contributed by atoms with van der Waals surface area (Å²) in [5, 5.41) is 49.6. The normalized spacial score (nSPS) is 33.6. The molecule has 8 bridgehead atoms. The molecule has 19 atom stereocenters. The Morgan fingerprint density at radius 1 is 0.734 bits per heavy atom. The summed E-state index contributed by atoms with van der Waals surface area (Å²) in [6.45, 7) is 22.6. The van der Waals surface area contributed by atoms with Crippen LogP contribution < -0.4 is 50.3 Å². The molecule has 0 aliphatic carbocycles. The number of imidazole rings is 2. The van der Waals surface area contributed by atoms with Crippen LogP contribution in [0.15, 0.2) is 80.4 Å². The van der Waals surface area contributed by atoms with E-state index in [1.54, 1.807) is 6.92 Å². The van der Waals surface area contributed by atoms with Gasteiger partial charge in [-0.05, 0) is 124 Å². The quantitative estimate of drug-likeness (QED) is 0.0301. The zero-order chi connectivity index (χ0) is 79.6. The number of hydrogen-bond acceptors (Lipinski definition) is 25. The number of anilines is 1. The molecule has 1 aromatic carbocycles. The maximum absolute atomic E-state index is 14.4. The summed E-state index contributed by atoms with van der Waals surface area (Å²) in [4.78, 5) is 140. The van der Waals surface area contributed by atoms with Crippen molar-refractivity contribution in [3.05, 3.63) is 88.8 Å². The van der Waals surface area contributed by atoms with Gasteiger partial charge >= 0.3 is 16.8 Å². The number of aliphatic imine (C=N–C) groups is 3. The molecule has 37 heteroatoms. The van der Waals surface area contributed by atoms with E-state index in [-0.39, 0.29) is 99.8 Å². The molecule has 35 nitrogen and oxygen atoms in total. The third kappa shape index (κ3) is 16.3. The molecule has 14 unspecified atom stereocenters. The van der Waals surface area contributed by atoms with Crippen LogP contribution in [0.3, 0.4) is 0 Å². The molecule has 109 heavy (non-hydrogen) atoms. The number of carbonyl (C=O) groups excluding carboxylic acids is 7. The Bertz CT molecular complexity index is 4520. The van der Waals surface area contributed by atoms with Crippen LogP contribution in [0.4, 0.5) is 5.82 Å². The summed E-state index contributed by atoms with van der Waals surface area (Å²) < 4.78 is 38.8. The van der Waals surface area contributed by atoms with E-state index in [9.17, 15) is 63.4 Å². The van der Waals surface area contributed by atoms with Crippen molar-refractivity contribution < 1.29 is 98.7 Å². The maximum Gasteiger partial charge on any atom is 3.00 e. The summed E-state index contributed by atoms with van der Waals surface area (Å²) in [5.74, 6) is -7.16. The number of aromatic nitrogens is 6. The van der Waals surface area contributed by atoms with E-state index >= 15 is 0 Å². The summed E-state index contributed by atoms with van der Waals surface area (Å²) in [6.07, 6.45) is -5.69. The number of nitrogen functional groups attached to an aromatic ring is 1. The number of phosphoric ester groups is 1. The fraction of sp³-hybridized carbons (Fsp3) is 0.597. The third-order valence-electron chi connectivity index (χ3n) is 23.5. The van der Waals surface area contributed by atoms with Crippen molar-refractivity contribution in [2.45, 2.75) is 214 Å². The molecule has 7 aliphatic rings. The second kappa shape index (κ2) is 32.2. The molecule has 3 aromatic heterocycles. The van der Waals surface area contributed by atoms with Crippen LogP contribution in [0.2, 0.25) is 0 Å². The van der Waals surface area contributed by atoms with Crippen molar-refractivity contribution in [1.82, 2.24) is 34.4 Å². The van der Waals surface area contributed by atoms with E-state index in [1.165, 1.54) is 35.0 Å². The summed E-state index contributed by atoms with van der Waals surface area (Å²) in [5.41, 5.74) is 43.2. The number of phosphoric acid groups is 1. The van der Waals surface area contributed by atoms with Gasteiger partial charge in [0.2, 0.25) is 41.4 Å². The van der Waals surface area contributed by atoms with E-state index in [1.807, 2.05) is 80.5 Å². The van der Waals surface area contributed by atoms with Gasteiger partial charge in [0, 0.05) is 114 Å². The second-order valence-electron chi connectivity index (χ2n) is 31.1. The Balaban J connectivity index is 0.000000623. The molecule has 11 rings (SSSR count). The number of nitrogens with zero attached hydrogens (tertiary/aromatic N) is 10. The van der Waals surface area contributed by atoms with Crippen LogP contribution in [0.25, 0.3) is 27.5 Å². The number of benzene rings is 1. The fourth-order valence-electron chi connectivity index (χ4n) is 17.3. The van der Waals surface area contributed by atoms with Crippen molar-refractivity contribution in [3.63, 3.8) is 0 Å². The number of amides is 7. The topological polar surface area (TPSA) is 584 Å². The van der Waals surface area contributed by atoms with E-state index in [4.69, 9.17) is 79.0 Å². The molecule has 0 radical (unpaired) electrons. The van der Waals surface area contributed by atoms with Gasteiger partial charge in [-0.1, -0.05) is 47.1 Å². The van der Waals surface area contributed by atoms with Crippen LogP contribution in [-0.2, 0) is 73.4 Å². The first-order valence-electron chi connectivity index (χ1n) is 35.9. The first-order chi connectivity index (χ1) is 50.4. The number of carbonyl (C=O) groups is 7. The number of ether oxygens (including phenoxy) is 2. The standard InChI is InChI=1S/C62H90N13O14P.C10H12N5O3.Co/c1-29-20-39-40(21-30(29)2)75(28-70-39)57-52(84)53(41(27-76)87-57)89-90(85,86)88-31(3)26-69-49(83)18-19-59(8)37(22-46(66)80)56-62(11)61(10,25-48(68)82)36(14-17-45(65)79)51(74-62)33(5)55-60(9,24-47(67)81)34(12-15-43(63)77)38(71-55)23-42-58(6,7)35(13-16-44(64)78)50(72-42)32(4)54(59)73-56;1-4-6(16)7(17)10(18-4)15-3-14-5-8(11)12-2-13-9(5)15;/h20-21,23,28,31,34-37,41,52-53,56-57,76,84H,12-19,22,24-27H2,1-11H3,(H15,63,64,65,66,67,68,69,71,72,73,74,77,78,79,80,81,82,83,85,86);2-4,6-7,10,16-17H,1H2,(H2,11,12,13);/q;-1;+3/p-2/t31?,34?,35?,36?,37?,41?,52-,53-,56?,57?,59?,60?,61?,62?;4-,6-,7-,10?;/m11./s1. The smallest absolute Gasteiger partial charge is 0.756 e. The minimum Gasteiger partial charge on any atom is -0.756 e. The Morgan fingerprint density at radius 3 is 1.94 bits per heavy atom. The average Bonchev–Trinajstić information content (AvgIpc) is 1.53. The number of nitrogens with one attached hydrogen (secondary N) is 1. The summed E-state index contributed by atoms with van der Waals surface area (Å²) >= 11 is 0. The monoisotopic (exact) mass is 1580 g/mol. The van der Waals surface area contributed by atoms with Crippen LogP contribution in [0.1, 0.15) is 157 Å². The molecule has 7 amide bonds. The second-order valence-corrected chi connectivity index (χ2v) is 32.4. The van der Waals surface area contributed by atoms with Gasteiger partial charge in [-0.25, -0.2) is 19.9 Å².